The number of carbonyl (C=O) groups is 1. The molecule has 1 N–H and O–H groups in total. The number of thioether (sulfide) groups is 1. The van der Waals surface area contributed by atoms with E-state index >= 15 is 0 Å². The molecule has 32 heavy (non-hydrogen) atoms. The van der Waals surface area contributed by atoms with E-state index < -0.39 is 5.82 Å². The maximum Gasteiger partial charge on any atom is 0.234 e. The number of carbonyl (C=O) groups excluding carboxylic acids is 1. The lowest BCUT2D eigenvalue weighted by Crippen LogP contribution is -2.15. The highest BCUT2D eigenvalue weighted by Gasteiger charge is 2.14. The summed E-state index contributed by atoms with van der Waals surface area (Å²) in [7, 11) is 0. The van der Waals surface area contributed by atoms with Gasteiger partial charge >= 0.3 is 0 Å². The van der Waals surface area contributed by atoms with Crippen LogP contribution < -0.4 is 10.1 Å². The summed E-state index contributed by atoms with van der Waals surface area (Å²) in [5.74, 6) is 0.734. The number of hydrogen-bond acceptors (Lipinski definition) is 5. The van der Waals surface area contributed by atoms with E-state index in [9.17, 15) is 9.18 Å². The molecule has 11 heteroatoms. The van der Waals surface area contributed by atoms with Gasteiger partial charge < -0.3 is 14.6 Å². The third kappa shape index (κ3) is 6.75. The first-order valence-corrected chi connectivity index (χ1v) is 11.9. The van der Waals surface area contributed by atoms with E-state index in [1.54, 1.807) is 18.2 Å². The van der Waals surface area contributed by atoms with Crippen molar-refractivity contribution < 1.29 is 13.9 Å². The third-order valence-corrected chi connectivity index (χ3v) is 6.13. The highest BCUT2D eigenvalue weighted by Crippen LogP contribution is 2.27. The van der Waals surface area contributed by atoms with Crippen LogP contribution in [0.25, 0.3) is 0 Å². The van der Waals surface area contributed by atoms with Gasteiger partial charge in [-0.25, -0.2) is 4.39 Å². The van der Waals surface area contributed by atoms with Crippen molar-refractivity contribution in [1.82, 2.24) is 14.8 Å². The van der Waals surface area contributed by atoms with Crippen LogP contribution >= 0.6 is 46.6 Å². The molecule has 2 aromatic carbocycles. The Labute approximate surface area is 204 Å². The van der Waals surface area contributed by atoms with Gasteiger partial charge in [0.25, 0.3) is 0 Å². The van der Waals surface area contributed by atoms with Gasteiger partial charge in [-0.05, 0) is 49.7 Å². The molecule has 3 rings (SSSR count). The van der Waals surface area contributed by atoms with Crippen LogP contribution in [0.1, 0.15) is 19.2 Å². The second kappa shape index (κ2) is 11.7. The van der Waals surface area contributed by atoms with Gasteiger partial charge in [-0.15, -0.1) is 10.2 Å². The van der Waals surface area contributed by atoms with E-state index in [-0.39, 0.29) is 16.7 Å². The maximum absolute atomic E-state index is 13.2. The van der Waals surface area contributed by atoms with Crippen molar-refractivity contribution in [3.63, 3.8) is 0 Å². The summed E-state index contributed by atoms with van der Waals surface area (Å²) in [6.45, 7) is 3.12. The fourth-order valence-corrected chi connectivity index (χ4v) is 4.30. The van der Waals surface area contributed by atoms with Gasteiger partial charge in [-0.2, -0.15) is 0 Å². The maximum atomic E-state index is 13.2. The summed E-state index contributed by atoms with van der Waals surface area (Å²) in [6.07, 6.45) is 1.38. The molecule has 0 saturated carbocycles. The number of ether oxygens (including phenoxy) is 1. The van der Waals surface area contributed by atoms with Gasteiger partial charge in [0.15, 0.2) is 5.16 Å². The van der Waals surface area contributed by atoms with Crippen LogP contribution in [0.15, 0.2) is 41.6 Å². The molecule has 1 heterocycles. The Morgan fingerprint density at radius 3 is 2.69 bits per heavy atom. The van der Waals surface area contributed by atoms with Crippen LogP contribution in [-0.4, -0.2) is 33.0 Å². The quantitative estimate of drug-likeness (QED) is 0.258. The third-order valence-electron chi connectivity index (χ3n) is 4.34. The van der Waals surface area contributed by atoms with Gasteiger partial charge in [-0.3, -0.25) is 4.79 Å². The van der Waals surface area contributed by atoms with Gasteiger partial charge in [0.1, 0.15) is 17.4 Å². The molecule has 3 aromatic rings. The van der Waals surface area contributed by atoms with E-state index in [1.807, 2.05) is 11.5 Å². The van der Waals surface area contributed by atoms with E-state index in [0.29, 0.717) is 52.6 Å². The summed E-state index contributed by atoms with van der Waals surface area (Å²) in [4.78, 5) is 12.2. The van der Waals surface area contributed by atoms with Crippen molar-refractivity contribution in [3.05, 3.63) is 63.1 Å². The van der Waals surface area contributed by atoms with E-state index in [0.717, 1.165) is 5.82 Å². The molecule has 0 radical (unpaired) electrons. The van der Waals surface area contributed by atoms with Crippen LogP contribution in [0.5, 0.6) is 5.75 Å². The minimum Gasteiger partial charge on any atom is -0.492 e. The Bertz CT molecular complexity index is 1100. The number of nitrogens with zero attached hydrogens (tertiary/aromatic N) is 3. The molecule has 0 saturated heterocycles. The van der Waals surface area contributed by atoms with E-state index in [1.165, 1.54) is 30.0 Å². The molecule has 1 aromatic heterocycles. The number of benzene rings is 2. The molecular formula is C21H20Cl3FN4O2S. The highest BCUT2D eigenvalue weighted by molar-refractivity contribution is 7.99. The first-order valence-electron chi connectivity index (χ1n) is 9.75. The molecule has 0 atom stereocenters. The fourth-order valence-electron chi connectivity index (χ4n) is 2.83. The lowest BCUT2D eigenvalue weighted by molar-refractivity contribution is -0.113. The molecule has 0 unspecified atom stereocenters. The van der Waals surface area contributed by atoms with Crippen molar-refractivity contribution >= 4 is 58.2 Å². The van der Waals surface area contributed by atoms with Crippen molar-refractivity contribution in [1.29, 1.82) is 0 Å². The Hall–Kier alpha value is -2.00. The topological polar surface area (TPSA) is 69.0 Å². The first kappa shape index (κ1) is 24.6. The summed E-state index contributed by atoms with van der Waals surface area (Å²) >= 11 is 19.0. The van der Waals surface area contributed by atoms with Crippen LogP contribution in [0.3, 0.4) is 0 Å². The zero-order chi connectivity index (χ0) is 23.1. The van der Waals surface area contributed by atoms with Gasteiger partial charge in [0, 0.05) is 23.7 Å². The summed E-state index contributed by atoms with van der Waals surface area (Å²) < 4.78 is 20.9. The number of hydrogen-bond donors (Lipinski definition) is 1. The van der Waals surface area contributed by atoms with E-state index in [2.05, 4.69) is 15.5 Å². The molecule has 0 aliphatic carbocycles. The number of anilines is 1. The lowest BCUT2D eigenvalue weighted by atomic mass is 10.3. The average Bonchev–Trinajstić information content (AvgIpc) is 3.15. The second-order valence-corrected chi connectivity index (χ2v) is 8.83. The monoisotopic (exact) mass is 516 g/mol. The smallest absolute Gasteiger partial charge is 0.234 e. The number of rotatable bonds is 10. The predicted octanol–water partition coefficient (Wildman–Crippen LogP) is 6.14. The van der Waals surface area contributed by atoms with Gasteiger partial charge in [0.2, 0.25) is 5.91 Å². The number of halogens is 4. The Morgan fingerprint density at radius 1 is 1.16 bits per heavy atom. The first-order chi connectivity index (χ1) is 15.4. The van der Waals surface area contributed by atoms with Crippen LogP contribution in [0.2, 0.25) is 15.1 Å². The summed E-state index contributed by atoms with van der Waals surface area (Å²) in [5.41, 5.74) is 0.431. The second-order valence-electron chi connectivity index (χ2n) is 6.64. The minimum atomic E-state index is -0.538. The van der Waals surface area contributed by atoms with Crippen LogP contribution in [0, 0.1) is 5.82 Å². The van der Waals surface area contributed by atoms with Gasteiger partial charge in [0.05, 0.1) is 22.4 Å². The fraction of sp³-hybridized carbons (Fsp3) is 0.286. The molecule has 0 bridgehead atoms. The Morgan fingerprint density at radius 2 is 1.97 bits per heavy atom. The summed E-state index contributed by atoms with van der Waals surface area (Å²) in [6, 6.07) is 9.12. The molecule has 6 nitrogen and oxygen atoms in total. The van der Waals surface area contributed by atoms with Crippen LogP contribution in [0.4, 0.5) is 10.1 Å². The lowest BCUT2D eigenvalue weighted by Gasteiger charge is -2.09. The predicted molar refractivity (Wildman–Crippen MR) is 127 cm³/mol. The van der Waals surface area contributed by atoms with Crippen LogP contribution in [-0.2, 0) is 17.8 Å². The average molecular weight is 518 g/mol. The van der Waals surface area contributed by atoms with Crippen molar-refractivity contribution in [3.8, 4) is 5.75 Å². The molecule has 0 fully saturated rings. The number of aryl methyl sites for hydroxylation is 1. The standard InChI is InChI=1S/C21H20Cl3FN4O2S/c1-2-29-19(4-3-9-31-18-8-5-13(22)10-16(18)24)27-28-21(29)32-12-20(30)26-14-6-7-17(25)15(23)11-14/h5-8,10-11H,2-4,9,12H2,1H3,(H,26,30). The highest BCUT2D eigenvalue weighted by atomic mass is 35.5. The zero-order valence-corrected chi connectivity index (χ0v) is 20.2. The van der Waals surface area contributed by atoms with Crippen molar-refractivity contribution in [2.75, 3.05) is 17.7 Å². The van der Waals surface area contributed by atoms with Crippen molar-refractivity contribution in [2.45, 2.75) is 31.5 Å². The SMILES string of the molecule is CCn1c(CCCOc2ccc(Cl)cc2Cl)nnc1SCC(=O)Nc1ccc(F)c(Cl)c1. The number of nitrogens with one attached hydrogen (secondary N) is 1. The largest absolute Gasteiger partial charge is 0.492 e. The number of aromatic nitrogens is 3. The molecule has 1 amide bonds. The zero-order valence-electron chi connectivity index (χ0n) is 17.1. The Balaban J connectivity index is 1.49. The summed E-state index contributed by atoms with van der Waals surface area (Å²) in [5, 5.41) is 12.8. The molecule has 170 valence electrons. The van der Waals surface area contributed by atoms with Crippen molar-refractivity contribution in [2.24, 2.45) is 0 Å². The minimum absolute atomic E-state index is 0.0480. The normalized spacial score (nSPS) is 10.9. The Kier molecular flexibility index (Phi) is 9.04. The van der Waals surface area contributed by atoms with Gasteiger partial charge in [-0.1, -0.05) is 46.6 Å². The molecular weight excluding hydrogens is 498 g/mol. The molecule has 0 spiro atoms. The number of amides is 1. The molecule has 0 aliphatic rings. The van der Waals surface area contributed by atoms with E-state index in [4.69, 9.17) is 39.5 Å². The molecule has 0 aliphatic heterocycles.